The molecule has 0 unspecified atom stereocenters. The van der Waals surface area contributed by atoms with Crippen LogP contribution in [-0.4, -0.2) is 49.1 Å². The molecule has 1 N–H and O–H groups in total. The number of β-lactam (4-membered cyclic amide) rings is 1. The van der Waals surface area contributed by atoms with E-state index in [1.165, 1.54) is 11.0 Å². The minimum atomic E-state index is -1.65. The number of nitrogens with zero attached hydrogens (tertiary/aromatic N) is 1. The van der Waals surface area contributed by atoms with Crippen LogP contribution in [-0.2, 0) is 36.3 Å². The number of hydrogen-bond donors (Lipinski definition) is 1. The molecule has 4 atom stereocenters. The average molecular weight is 586 g/mol. The third kappa shape index (κ3) is 5.09. The lowest BCUT2D eigenvalue weighted by atomic mass is 9.95. The van der Waals surface area contributed by atoms with Gasteiger partial charge in [0.05, 0.1) is 22.0 Å². The number of hydrogen-bond acceptors (Lipinski definition) is 5. The fourth-order valence-electron chi connectivity index (χ4n) is 5.10. The van der Waals surface area contributed by atoms with E-state index in [1.807, 2.05) is 60.7 Å². The normalized spacial score (nSPS) is 23.2. The first kappa shape index (κ1) is 27.4. The molecule has 10 heteroatoms. The van der Waals surface area contributed by atoms with Crippen molar-refractivity contribution in [1.29, 1.82) is 0 Å². The van der Waals surface area contributed by atoms with Gasteiger partial charge in [-0.2, -0.15) is 0 Å². The van der Waals surface area contributed by atoms with Crippen LogP contribution >= 0.6 is 23.2 Å². The maximum Gasteiger partial charge on any atom is 0.331 e. The zero-order chi connectivity index (χ0) is 27.9. The van der Waals surface area contributed by atoms with E-state index in [2.05, 4.69) is 5.32 Å². The van der Waals surface area contributed by atoms with Gasteiger partial charge in [0.2, 0.25) is 11.8 Å². The molecule has 202 valence electrons. The van der Waals surface area contributed by atoms with Gasteiger partial charge in [0.15, 0.2) is 6.10 Å². The molecule has 2 aliphatic heterocycles. The molecule has 2 heterocycles. The molecule has 3 aromatic carbocycles. The Kier molecular flexibility index (Phi) is 7.55. The van der Waals surface area contributed by atoms with E-state index in [0.29, 0.717) is 15.6 Å². The largest absolute Gasteiger partial charge is 0.451 e. The fourth-order valence-corrected chi connectivity index (χ4v) is 7.49. The molecule has 7 nitrogen and oxygen atoms in total. The number of halogens is 2. The molecule has 39 heavy (non-hydrogen) atoms. The van der Waals surface area contributed by atoms with Crippen LogP contribution in [0.25, 0.3) is 0 Å². The van der Waals surface area contributed by atoms with Crippen molar-refractivity contribution in [1.82, 2.24) is 10.2 Å². The van der Waals surface area contributed by atoms with Crippen molar-refractivity contribution in [2.24, 2.45) is 0 Å². The maximum absolute atomic E-state index is 13.7. The van der Waals surface area contributed by atoms with Gasteiger partial charge in [-0.15, -0.1) is 0 Å². The number of benzene rings is 3. The summed E-state index contributed by atoms with van der Waals surface area (Å²) in [6.45, 7) is 3.35. The van der Waals surface area contributed by atoms with E-state index >= 15 is 0 Å². The third-order valence-corrected chi connectivity index (χ3v) is 9.88. The fraction of sp³-hybridized carbons (Fsp3) is 0.276. The van der Waals surface area contributed by atoms with Gasteiger partial charge in [-0.1, -0.05) is 89.9 Å². The number of nitrogens with one attached hydrogen (secondary N) is 1. The van der Waals surface area contributed by atoms with Crippen molar-refractivity contribution >= 4 is 51.8 Å². The molecule has 0 bridgehead atoms. The second-order valence-electron chi connectivity index (χ2n) is 10.0. The summed E-state index contributed by atoms with van der Waals surface area (Å²) < 4.78 is 18.5. The number of rotatable bonds is 7. The van der Waals surface area contributed by atoms with Crippen LogP contribution in [0.4, 0.5) is 0 Å². The number of esters is 1. The zero-order valence-corrected chi connectivity index (χ0v) is 23.5. The van der Waals surface area contributed by atoms with Gasteiger partial charge in [0, 0.05) is 10.0 Å². The summed E-state index contributed by atoms with van der Waals surface area (Å²) in [6.07, 6.45) is -0.789. The summed E-state index contributed by atoms with van der Waals surface area (Å²) in [5.41, 5.74) is 2.09. The van der Waals surface area contributed by atoms with E-state index in [1.54, 1.807) is 26.0 Å². The molecule has 2 saturated heterocycles. The predicted molar refractivity (Wildman–Crippen MR) is 150 cm³/mol. The molecule has 2 aliphatic rings. The standard InChI is InChI=1S/C29H26Cl2N2O5S/c1-29(2)25(28(36)38-24(17-9-5-3-6-10-17)18-11-7-4-8-12-18)33-26(35)23(27(33)39(29)37)32-22(34)15-19-13-14-20(30)16-21(19)31/h3-14,16,23-25,27H,15H2,1-2H3,(H,32,34)/t23-,25+,27-,39-/m1/s1. The number of fused-ring (bicyclic) bond motifs is 1. The first-order valence-electron chi connectivity index (χ1n) is 12.4. The van der Waals surface area contributed by atoms with Gasteiger partial charge in [-0.25, -0.2) is 4.79 Å². The van der Waals surface area contributed by atoms with E-state index in [-0.39, 0.29) is 6.42 Å². The summed E-state index contributed by atoms with van der Waals surface area (Å²) in [5.74, 6) is -1.58. The second-order valence-corrected chi connectivity index (χ2v) is 13.0. The van der Waals surface area contributed by atoms with Crippen molar-refractivity contribution in [3.63, 3.8) is 0 Å². The lowest BCUT2D eigenvalue weighted by molar-refractivity contribution is -0.166. The summed E-state index contributed by atoms with van der Waals surface area (Å²) in [7, 11) is -1.65. The number of amides is 2. The van der Waals surface area contributed by atoms with Gasteiger partial charge in [-0.05, 0) is 42.7 Å². The minimum absolute atomic E-state index is 0.0795. The molecule has 2 fully saturated rings. The Balaban J connectivity index is 1.34. The molecular formula is C29H26Cl2N2O5S. The SMILES string of the molecule is CC1(C)[C@H](C(=O)OC(c2ccccc2)c2ccccc2)N2C(=O)[C@@H](NC(=O)Cc3ccc(Cl)cc3Cl)[C@H]2[S@]1=O. The van der Waals surface area contributed by atoms with Crippen LogP contribution in [0.5, 0.6) is 0 Å². The highest BCUT2D eigenvalue weighted by Gasteiger charge is 2.68. The topological polar surface area (TPSA) is 92.8 Å². The van der Waals surface area contributed by atoms with Crippen LogP contribution in [0.3, 0.4) is 0 Å². The lowest BCUT2D eigenvalue weighted by Crippen LogP contribution is -2.71. The molecule has 0 saturated carbocycles. The van der Waals surface area contributed by atoms with Crippen molar-refractivity contribution in [3.05, 3.63) is 106 Å². The van der Waals surface area contributed by atoms with Gasteiger partial charge >= 0.3 is 5.97 Å². The molecule has 0 radical (unpaired) electrons. The molecule has 2 amide bonds. The Morgan fingerprint density at radius 3 is 2.15 bits per heavy atom. The van der Waals surface area contributed by atoms with Crippen LogP contribution in [0.15, 0.2) is 78.9 Å². The van der Waals surface area contributed by atoms with E-state index in [0.717, 1.165) is 11.1 Å². The van der Waals surface area contributed by atoms with Crippen LogP contribution in [0.2, 0.25) is 10.0 Å². The quantitative estimate of drug-likeness (QED) is 0.327. The van der Waals surface area contributed by atoms with Crippen molar-refractivity contribution in [2.75, 3.05) is 0 Å². The average Bonchev–Trinajstić information content (AvgIpc) is 3.11. The first-order chi connectivity index (χ1) is 18.6. The Hall–Kier alpha value is -3.20. The molecular weight excluding hydrogens is 559 g/mol. The molecule has 0 aliphatic carbocycles. The number of ether oxygens (including phenoxy) is 1. The Morgan fingerprint density at radius 2 is 1.59 bits per heavy atom. The Bertz CT molecular complexity index is 1410. The molecule has 5 rings (SSSR count). The van der Waals surface area contributed by atoms with Gasteiger partial charge < -0.3 is 15.0 Å². The Morgan fingerprint density at radius 1 is 1.00 bits per heavy atom. The summed E-state index contributed by atoms with van der Waals surface area (Å²) >= 11 is 12.1. The van der Waals surface area contributed by atoms with Crippen molar-refractivity contribution < 1.29 is 23.3 Å². The van der Waals surface area contributed by atoms with E-state index in [9.17, 15) is 18.6 Å². The van der Waals surface area contributed by atoms with E-state index < -0.39 is 56.9 Å². The van der Waals surface area contributed by atoms with Gasteiger partial charge in [0.25, 0.3) is 0 Å². The molecule has 0 aromatic heterocycles. The van der Waals surface area contributed by atoms with Gasteiger partial charge in [-0.3, -0.25) is 13.8 Å². The minimum Gasteiger partial charge on any atom is -0.451 e. The van der Waals surface area contributed by atoms with E-state index in [4.69, 9.17) is 27.9 Å². The van der Waals surface area contributed by atoms with Gasteiger partial charge in [0.1, 0.15) is 17.5 Å². The monoisotopic (exact) mass is 584 g/mol. The summed E-state index contributed by atoms with van der Waals surface area (Å²) in [6, 6.07) is 21.3. The first-order valence-corrected chi connectivity index (χ1v) is 14.3. The molecule has 3 aromatic rings. The summed E-state index contributed by atoms with van der Waals surface area (Å²) in [4.78, 5) is 41.0. The van der Waals surface area contributed by atoms with Crippen LogP contribution in [0.1, 0.15) is 36.6 Å². The highest BCUT2D eigenvalue weighted by molar-refractivity contribution is 7.87. The smallest absolute Gasteiger partial charge is 0.331 e. The summed E-state index contributed by atoms with van der Waals surface area (Å²) in [5, 5.41) is 2.61. The third-order valence-electron chi connectivity index (χ3n) is 7.10. The molecule has 0 spiro atoms. The maximum atomic E-state index is 13.7. The predicted octanol–water partition coefficient (Wildman–Crippen LogP) is 4.43. The Labute approximate surface area is 238 Å². The highest BCUT2D eigenvalue weighted by atomic mass is 35.5. The lowest BCUT2D eigenvalue weighted by Gasteiger charge is -2.43. The highest BCUT2D eigenvalue weighted by Crippen LogP contribution is 2.44. The number of carbonyl (C=O) groups is 3. The second kappa shape index (κ2) is 10.8. The zero-order valence-electron chi connectivity index (χ0n) is 21.2. The number of carbonyl (C=O) groups excluding carboxylic acids is 3. The van der Waals surface area contributed by atoms with Crippen molar-refractivity contribution in [2.45, 2.75) is 48.6 Å². The van der Waals surface area contributed by atoms with Crippen molar-refractivity contribution in [3.8, 4) is 0 Å². The van der Waals surface area contributed by atoms with Crippen LogP contribution < -0.4 is 5.32 Å². The van der Waals surface area contributed by atoms with Crippen LogP contribution in [0, 0.1) is 0 Å².